The Morgan fingerprint density at radius 1 is 0.860 bits per heavy atom. The van der Waals surface area contributed by atoms with Crippen LogP contribution in [0.2, 0.25) is 0 Å². The highest BCUT2D eigenvalue weighted by molar-refractivity contribution is 5.88. The Labute approximate surface area is 241 Å². The first-order valence-corrected chi connectivity index (χ1v) is 13.0. The van der Waals surface area contributed by atoms with Gasteiger partial charge in [-0.1, -0.05) is 0 Å². The fourth-order valence-corrected chi connectivity index (χ4v) is 4.74. The van der Waals surface area contributed by atoms with Crippen molar-refractivity contribution in [1.82, 2.24) is 0 Å². The first-order valence-electron chi connectivity index (χ1n) is 13.0. The molecule has 43 heavy (non-hydrogen) atoms. The van der Waals surface area contributed by atoms with Crippen molar-refractivity contribution in [2.75, 3.05) is 20.3 Å². The van der Waals surface area contributed by atoms with Gasteiger partial charge in [0.25, 0.3) is 0 Å². The van der Waals surface area contributed by atoms with Gasteiger partial charge in [-0.15, -0.1) is 0 Å². The van der Waals surface area contributed by atoms with E-state index < -0.39 is 84.2 Å². The van der Waals surface area contributed by atoms with E-state index in [2.05, 4.69) is 0 Å². The number of aromatic hydroxyl groups is 2. The Morgan fingerprint density at radius 3 is 2.28 bits per heavy atom. The van der Waals surface area contributed by atoms with Crippen LogP contribution in [0.15, 0.2) is 39.5 Å². The molecule has 16 nitrogen and oxygen atoms in total. The third-order valence-electron chi connectivity index (χ3n) is 7.14. The standard InChI is InChI=1S/C27H30O16/c1-38-14-4-9(2-3-11(14)29)24-25(43-27-23(37)21(35)19(33)16(7-28)42-27)20(34)17-12(30)5-10(6-15(17)41-24)40-26-22(36)18(32)13(31)8-39-26/h2-6,13,16,18-19,21-23,26-33,35-37H,7-8H2,1H3/t13-,16?,18-,19+,21?,22?,23?,26-,27-/m0/s1. The van der Waals surface area contributed by atoms with Gasteiger partial charge in [-0.3, -0.25) is 4.79 Å². The Balaban J connectivity index is 1.62. The number of phenolic OH excluding ortho intramolecular Hbond substituents is 2. The number of ether oxygens (including phenoxy) is 5. The van der Waals surface area contributed by atoms with Gasteiger partial charge in [0.15, 0.2) is 17.3 Å². The molecule has 0 aliphatic carbocycles. The van der Waals surface area contributed by atoms with Crippen molar-refractivity contribution < 1.29 is 74.1 Å². The summed E-state index contributed by atoms with van der Waals surface area (Å²) in [7, 11) is 1.28. The topological polar surface area (TPSA) is 258 Å². The molecule has 1 aromatic heterocycles. The van der Waals surface area contributed by atoms with Gasteiger partial charge in [0.2, 0.25) is 23.8 Å². The van der Waals surface area contributed by atoms with E-state index in [-0.39, 0.29) is 40.8 Å². The lowest BCUT2D eigenvalue weighted by Gasteiger charge is -2.39. The summed E-state index contributed by atoms with van der Waals surface area (Å²) in [6.45, 7) is -1.12. The average Bonchev–Trinajstić information content (AvgIpc) is 2.98. The van der Waals surface area contributed by atoms with Gasteiger partial charge in [0, 0.05) is 17.7 Å². The maximum absolute atomic E-state index is 13.8. The maximum Gasteiger partial charge on any atom is 0.239 e. The molecule has 0 radical (unpaired) electrons. The summed E-state index contributed by atoms with van der Waals surface area (Å²) in [5.74, 6) is -2.08. The smallest absolute Gasteiger partial charge is 0.239 e. The van der Waals surface area contributed by atoms with Crippen LogP contribution in [0.25, 0.3) is 22.3 Å². The zero-order valence-electron chi connectivity index (χ0n) is 22.4. The van der Waals surface area contributed by atoms with E-state index in [1.165, 1.54) is 31.4 Å². The Bertz CT molecular complexity index is 1520. The predicted molar refractivity (Wildman–Crippen MR) is 141 cm³/mol. The van der Waals surface area contributed by atoms with Gasteiger partial charge in [0.1, 0.15) is 65.2 Å². The average molecular weight is 611 g/mol. The van der Waals surface area contributed by atoms with Gasteiger partial charge in [-0.2, -0.15) is 0 Å². The van der Waals surface area contributed by atoms with Crippen LogP contribution >= 0.6 is 0 Å². The second-order valence-electron chi connectivity index (χ2n) is 9.97. The van der Waals surface area contributed by atoms with Gasteiger partial charge in [0.05, 0.1) is 20.3 Å². The molecule has 2 aliphatic rings. The molecule has 16 heteroatoms. The molecule has 3 aromatic rings. The first-order chi connectivity index (χ1) is 20.4. The quantitative estimate of drug-likeness (QED) is 0.138. The number of benzene rings is 2. The van der Waals surface area contributed by atoms with Crippen LogP contribution in [0.5, 0.6) is 28.7 Å². The summed E-state index contributed by atoms with van der Waals surface area (Å²) in [4.78, 5) is 13.8. The number of aliphatic hydroxyl groups is 7. The highest BCUT2D eigenvalue weighted by Gasteiger charge is 2.45. The third-order valence-corrected chi connectivity index (χ3v) is 7.14. The van der Waals surface area contributed by atoms with Crippen LogP contribution < -0.4 is 19.6 Å². The van der Waals surface area contributed by atoms with E-state index in [0.717, 1.165) is 6.07 Å². The number of hydrogen-bond donors (Lipinski definition) is 9. The summed E-state index contributed by atoms with van der Waals surface area (Å²) in [6.07, 6.45) is -14.6. The van der Waals surface area contributed by atoms with E-state index in [4.69, 9.17) is 28.1 Å². The summed E-state index contributed by atoms with van der Waals surface area (Å²) < 4.78 is 32.9. The van der Waals surface area contributed by atoms with Gasteiger partial charge < -0.3 is 74.1 Å². The monoisotopic (exact) mass is 610 g/mol. The number of hydrogen-bond acceptors (Lipinski definition) is 16. The lowest BCUT2D eigenvalue weighted by molar-refractivity contribution is -0.277. The summed E-state index contributed by atoms with van der Waals surface area (Å²) >= 11 is 0. The van der Waals surface area contributed by atoms with Crippen LogP contribution in [-0.2, 0) is 9.47 Å². The highest BCUT2D eigenvalue weighted by Crippen LogP contribution is 2.40. The molecule has 3 heterocycles. The van der Waals surface area contributed by atoms with E-state index in [0.29, 0.717) is 0 Å². The molecule has 0 spiro atoms. The van der Waals surface area contributed by atoms with Crippen molar-refractivity contribution in [3.63, 3.8) is 0 Å². The summed E-state index contributed by atoms with van der Waals surface area (Å²) in [6, 6.07) is 6.02. The number of rotatable bonds is 7. The molecule has 0 saturated carbocycles. The molecule has 0 bridgehead atoms. The second-order valence-corrected chi connectivity index (χ2v) is 9.97. The molecular weight excluding hydrogens is 580 g/mol. The molecule has 0 amide bonds. The van der Waals surface area contributed by atoms with Crippen LogP contribution in [0.1, 0.15) is 0 Å². The molecule has 2 aliphatic heterocycles. The zero-order valence-corrected chi connectivity index (χ0v) is 22.4. The minimum absolute atomic E-state index is 0.0249. The van der Waals surface area contributed by atoms with E-state index in [9.17, 15) is 50.8 Å². The van der Waals surface area contributed by atoms with Gasteiger partial charge in [-0.05, 0) is 18.2 Å². The van der Waals surface area contributed by atoms with Crippen molar-refractivity contribution in [2.24, 2.45) is 0 Å². The van der Waals surface area contributed by atoms with E-state index in [1.807, 2.05) is 0 Å². The minimum Gasteiger partial charge on any atom is -0.507 e. The van der Waals surface area contributed by atoms with Gasteiger partial charge in [-0.25, -0.2) is 0 Å². The Kier molecular flexibility index (Phi) is 8.66. The number of phenols is 2. The Hall–Kier alpha value is -3.71. The maximum atomic E-state index is 13.8. The third kappa shape index (κ3) is 5.67. The molecule has 9 atom stereocenters. The molecule has 2 saturated heterocycles. The summed E-state index contributed by atoms with van der Waals surface area (Å²) in [5.41, 5.74) is -1.16. The second kappa shape index (κ2) is 12.1. The van der Waals surface area contributed by atoms with Crippen molar-refractivity contribution >= 4 is 11.0 Å². The Morgan fingerprint density at radius 2 is 1.58 bits per heavy atom. The van der Waals surface area contributed by atoms with Gasteiger partial charge >= 0.3 is 0 Å². The molecule has 9 N–H and O–H groups in total. The fraction of sp³-hybridized carbons (Fsp3) is 0.444. The first kappa shape index (κ1) is 30.7. The lowest BCUT2D eigenvalue weighted by atomic mass is 9.99. The predicted octanol–water partition coefficient (Wildman–Crippen LogP) is -2.12. The van der Waals surface area contributed by atoms with Crippen LogP contribution in [0, 0.1) is 0 Å². The molecule has 2 fully saturated rings. The van der Waals surface area contributed by atoms with E-state index in [1.54, 1.807) is 0 Å². The van der Waals surface area contributed by atoms with Crippen molar-refractivity contribution in [3.05, 3.63) is 40.6 Å². The van der Waals surface area contributed by atoms with Crippen molar-refractivity contribution in [3.8, 4) is 40.1 Å². The molecule has 5 rings (SSSR count). The minimum atomic E-state index is -1.89. The van der Waals surface area contributed by atoms with Crippen LogP contribution in [-0.4, -0.2) is 122 Å². The molecule has 4 unspecified atom stereocenters. The lowest BCUT2D eigenvalue weighted by Crippen LogP contribution is -2.60. The molecule has 2 aromatic carbocycles. The highest BCUT2D eigenvalue weighted by atomic mass is 16.7. The van der Waals surface area contributed by atoms with Crippen molar-refractivity contribution in [1.29, 1.82) is 0 Å². The zero-order chi connectivity index (χ0) is 31.2. The number of methoxy groups -OCH3 is 1. The normalized spacial score (nSPS) is 31.1. The number of aliphatic hydroxyl groups excluding tert-OH is 7. The molecule has 234 valence electrons. The van der Waals surface area contributed by atoms with Crippen molar-refractivity contribution in [2.45, 2.75) is 55.3 Å². The van der Waals surface area contributed by atoms with Crippen LogP contribution in [0.3, 0.4) is 0 Å². The largest absolute Gasteiger partial charge is 0.507 e. The number of fused-ring (bicyclic) bond motifs is 1. The van der Waals surface area contributed by atoms with E-state index >= 15 is 0 Å². The van der Waals surface area contributed by atoms with Crippen LogP contribution in [0.4, 0.5) is 0 Å². The fourth-order valence-electron chi connectivity index (χ4n) is 4.74. The summed E-state index contributed by atoms with van der Waals surface area (Å²) in [5, 5.41) is 90.7. The molecular formula is C27H30O16. The SMILES string of the molecule is COc1cc(-c2oc3cc(O[C@@H]4OC[C@H](O)[C@H](O)C4O)cc(O)c3c(=O)c2O[C@@H]2OC(CO)[C@@H](O)C(O)C2O)ccc1O.